The molecule has 1 aliphatic carbocycles. The molecule has 0 unspecified atom stereocenters. The number of ether oxygens (including phenoxy) is 1. The number of carbonyl (C=O) groups is 1. The zero-order chi connectivity index (χ0) is 18.8. The SMILES string of the molecule is CN1C[C@@H](Oc2ccc(F)cc2)C[C@H]1C(=O)N1CCCN(C2CCC2)CC1. The fraction of sp³-hybridized carbons (Fsp3) is 0.667. The quantitative estimate of drug-likeness (QED) is 0.810. The summed E-state index contributed by atoms with van der Waals surface area (Å²) in [5, 5.41) is 0. The molecule has 2 heterocycles. The fourth-order valence-corrected chi connectivity index (χ4v) is 4.52. The molecular weight excluding hydrogens is 345 g/mol. The van der Waals surface area contributed by atoms with Gasteiger partial charge in [0.15, 0.2) is 0 Å². The van der Waals surface area contributed by atoms with Gasteiger partial charge in [0, 0.05) is 45.2 Å². The highest BCUT2D eigenvalue weighted by atomic mass is 19.1. The molecular formula is C21H30FN3O2. The van der Waals surface area contributed by atoms with Crippen molar-refractivity contribution in [1.82, 2.24) is 14.7 Å². The van der Waals surface area contributed by atoms with Gasteiger partial charge in [0.05, 0.1) is 6.04 Å². The summed E-state index contributed by atoms with van der Waals surface area (Å²) in [5.41, 5.74) is 0. The second kappa shape index (κ2) is 8.15. The van der Waals surface area contributed by atoms with Crippen LogP contribution in [-0.2, 0) is 4.79 Å². The Hall–Kier alpha value is -1.66. The van der Waals surface area contributed by atoms with Crippen LogP contribution in [-0.4, -0.2) is 78.6 Å². The third-order valence-corrected chi connectivity index (χ3v) is 6.34. The van der Waals surface area contributed by atoms with Crippen LogP contribution >= 0.6 is 0 Å². The summed E-state index contributed by atoms with van der Waals surface area (Å²) in [6.07, 6.45) is 5.71. The van der Waals surface area contributed by atoms with E-state index < -0.39 is 0 Å². The van der Waals surface area contributed by atoms with Crippen LogP contribution in [0.3, 0.4) is 0 Å². The lowest BCUT2D eigenvalue weighted by atomic mass is 9.91. The summed E-state index contributed by atoms with van der Waals surface area (Å²) >= 11 is 0. The topological polar surface area (TPSA) is 36.0 Å². The summed E-state index contributed by atoms with van der Waals surface area (Å²) in [7, 11) is 2.00. The van der Waals surface area contributed by atoms with Gasteiger partial charge in [-0.2, -0.15) is 0 Å². The number of halogens is 1. The second-order valence-electron chi connectivity index (χ2n) is 8.18. The van der Waals surface area contributed by atoms with Crippen LogP contribution in [0.2, 0.25) is 0 Å². The first-order valence-corrected chi connectivity index (χ1v) is 10.3. The van der Waals surface area contributed by atoms with E-state index in [1.165, 1.54) is 31.4 Å². The fourth-order valence-electron chi connectivity index (χ4n) is 4.52. The van der Waals surface area contributed by atoms with Gasteiger partial charge in [-0.15, -0.1) is 0 Å². The predicted molar refractivity (Wildman–Crippen MR) is 102 cm³/mol. The average molecular weight is 375 g/mol. The molecule has 0 radical (unpaired) electrons. The first kappa shape index (κ1) is 18.7. The van der Waals surface area contributed by atoms with Crippen molar-refractivity contribution in [3.63, 3.8) is 0 Å². The van der Waals surface area contributed by atoms with Gasteiger partial charge in [-0.3, -0.25) is 14.6 Å². The molecule has 3 aliphatic rings. The van der Waals surface area contributed by atoms with Gasteiger partial charge in [0.2, 0.25) is 5.91 Å². The van der Waals surface area contributed by atoms with Crippen LogP contribution in [0.25, 0.3) is 0 Å². The van der Waals surface area contributed by atoms with Crippen LogP contribution in [0.5, 0.6) is 5.75 Å². The van der Waals surface area contributed by atoms with Crippen molar-refractivity contribution in [2.24, 2.45) is 0 Å². The Labute approximate surface area is 161 Å². The molecule has 0 bridgehead atoms. The lowest BCUT2D eigenvalue weighted by molar-refractivity contribution is -0.135. The van der Waals surface area contributed by atoms with E-state index in [2.05, 4.69) is 14.7 Å². The van der Waals surface area contributed by atoms with Gasteiger partial charge in [-0.05, 0) is 50.6 Å². The monoisotopic (exact) mass is 375 g/mol. The predicted octanol–water partition coefficient (Wildman–Crippen LogP) is 2.36. The molecule has 0 aromatic heterocycles. The molecule has 3 fully saturated rings. The molecule has 5 nitrogen and oxygen atoms in total. The third-order valence-electron chi connectivity index (χ3n) is 6.34. The molecule has 27 heavy (non-hydrogen) atoms. The molecule has 2 aliphatic heterocycles. The first-order valence-electron chi connectivity index (χ1n) is 10.3. The van der Waals surface area contributed by atoms with E-state index in [1.54, 1.807) is 12.1 Å². The largest absolute Gasteiger partial charge is 0.489 e. The van der Waals surface area contributed by atoms with E-state index in [0.717, 1.165) is 45.2 Å². The van der Waals surface area contributed by atoms with Crippen molar-refractivity contribution in [2.75, 3.05) is 39.8 Å². The van der Waals surface area contributed by atoms with E-state index in [0.29, 0.717) is 12.2 Å². The van der Waals surface area contributed by atoms with Crippen molar-refractivity contribution in [1.29, 1.82) is 0 Å². The number of carbonyl (C=O) groups excluding carboxylic acids is 1. The normalized spacial score (nSPS) is 28.0. The Morgan fingerprint density at radius 1 is 1.07 bits per heavy atom. The molecule has 148 valence electrons. The highest BCUT2D eigenvalue weighted by Crippen LogP contribution is 2.27. The Balaban J connectivity index is 1.32. The smallest absolute Gasteiger partial charge is 0.240 e. The van der Waals surface area contributed by atoms with E-state index in [9.17, 15) is 9.18 Å². The molecule has 1 amide bonds. The van der Waals surface area contributed by atoms with Crippen molar-refractivity contribution in [3.8, 4) is 5.75 Å². The molecule has 1 saturated carbocycles. The number of hydrogen-bond acceptors (Lipinski definition) is 4. The maximum Gasteiger partial charge on any atom is 0.240 e. The minimum Gasteiger partial charge on any atom is -0.489 e. The Kier molecular flexibility index (Phi) is 5.64. The van der Waals surface area contributed by atoms with Crippen molar-refractivity contribution >= 4 is 5.91 Å². The molecule has 4 rings (SSSR count). The number of nitrogens with zero attached hydrogens (tertiary/aromatic N) is 3. The maximum atomic E-state index is 13.1. The van der Waals surface area contributed by atoms with E-state index in [-0.39, 0.29) is 23.9 Å². The summed E-state index contributed by atoms with van der Waals surface area (Å²) in [5.74, 6) is 0.628. The highest BCUT2D eigenvalue weighted by molar-refractivity contribution is 5.82. The van der Waals surface area contributed by atoms with Crippen molar-refractivity contribution in [2.45, 2.75) is 50.3 Å². The minimum absolute atomic E-state index is 0.0344. The number of benzene rings is 1. The molecule has 0 spiro atoms. The van der Waals surface area contributed by atoms with Crippen LogP contribution in [0.15, 0.2) is 24.3 Å². The summed E-state index contributed by atoms with van der Waals surface area (Å²) in [6.45, 7) is 4.53. The van der Waals surface area contributed by atoms with Gasteiger partial charge in [0.1, 0.15) is 17.7 Å². The standard InChI is InChI=1S/C21H30FN3O2/c1-23-15-19(27-18-8-6-16(22)7-9-18)14-20(23)21(26)25-11-3-10-24(12-13-25)17-4-2-5-17/h6-9,17,19-20H,2-5,10-15H2,1H3/t19-,20-/m0/s1. The lowest BCUT2D eigenvalue weighted by Gasteiger charge is -2.36. The third kappa shape index (κ3) is 4.27. The summed E-state index contributed by atoms with van der Waals surface area (Å²) in [4.78, 5) is 19.9. The van der Waals surface area contributed by atoms with Crippen LogP contribution in [0.1, 0.15) is 32.1 Å². The zero-order valence-electron chi connectivity index (χ0n) is 16.1. The number of rotatable bonds is 4. The van der Waals surface area contributed by atoms with Gasteiger partial charge in [0.25, 0.3) is 0 Å². The lowest BCUT2D eigenvalue weighted by Crippen LogP contribution is -2.46. The number of amides is 1. The molecule has 6 heteroatoms. The molecule has 0 N–H and O–H groups in total. The minimum atomic E-state index is -0.268. The van der Waals surface area contributed by atoms with Gasteiger partial charge >= 0.3 is 0 Å². The molecule has 2 atom stereocenters. The Morgan fingerprint density at radius 2 is 1.85 bits per heavy atom. The number of hydrogen-bond donors (Lipinski definition) is 0. The number of likely N-dealkylation sites (tertiary alicyclic amines) is 1. The molecule has 2 saturated heterocycles. The molecule has 1 aromatic rings. The summed E-state index contributed by atoms with van der Waals surface area (Å²) < 4.78 is 19.0. The van der Waals surface area contributed by atoms with E-state index in [4.69, 9.17) is 4.74 Å². The van der Waals surface area contributed by atoms with Gasteiger partial charge in [-0.25, -0.2) is 4.39 Å². The maximum absolute atomic E-state index is 13.1. The first-order chi connectivity index (χ1) is 13.1. The Bertz CT molecular complexity index is 649. The van der Waals surface area contributed by atoms with Gasteiger partial charge < -0.3 is 9.64 Å². The van der Waals surface area contributed by atoms with Crippen LogP contribution < -0.4 is 4.74 Å². The Morgan fingerprint density at radius 3 is 2.56 bits per heavy atom. The molecule has 1 aromatic carbocycles. The second-order valence-corrected chi connectivity index (χ2v) is 8.18. The summed E-state index contributed by atoms with van der Waals surface area (Å²) in [6, 6.07) is 6.74. The average Bonchev–Trinajstić information content (AvgIpc) is 2.81. The highest BCUT2D eigenvalue weighted by Gasteiger charge is 2.38. The van der Waals surface area contributed by atoms with Crippen molar-refractivity contribution < 1.29 is 13.9 Å². The van der Waals surface area contributed by atoms with E-state index >= 15 is 0 Å². The number of likely N-dealkylation sites (N-methyl/N-ethyl adjacent to an activating group) is 1. The van der Waals surface area contributed by atoms with Crippen molar-refractivity contribution in [3.05, 3.63) is 30.1 Å². The zero-order valence-corrected chi connectivity index (χ0v) is 16.1. The van der Waals surface area contributed by atoms with Crippen LogP contribution in [0.4, 0.5) is 4.39 Å². The van der Waals surface area contributed by atoms with Gasteiger partial charge in [-0.1, -0.05) is 6.42 Å². The van der Waals surface area contributed by atoms with Crippen LogP contribution in [0, 0.1) is 5.82 Å². The van der Waals surface area contributed by atoms with E-state index in [1.807, 2.05) is 7.05 Å².